The summed E-state index contributed by atoms with van der Waals surface area (Å²) in [5, 5.41) is 2.80. The molecule has 1 heterocycles. The lowest BCUT2D eigenvalue weighted by molar-refractivity contribution is -0.116. The van der Waals surface area contributed by atoms with Crippen LogP contribution < -0.4 is 14.8 Å². The largest absolute Gasteiger partial charge is 0.326 e. The summed E-state index contributed by atoms with van der Waals surface area (Å²) in [5.41, 5.74) is 0.469. The molecular weight excluding hydrogens is 476 g/mol. The summed E-state index contributed by atoms with van der Waals surface area (Å²) in [6.45, 7) is -0.144. The SMILES string of the molecule is O=C(CCNS(=O)(=O)c1cccnc1)Nc1cccc(S(=O)(=O)Nc2ccccc2Cl)c1. The second-order valence-corrected chi connectivity index (χ2v) is 10.4. The van der Waals surface area contributed by atoms with E-state index in [1.165, 1.54) is 54.9 Å². The summed E-state index contributed by atoms with van der Waals surface area (Å²) >= 11 is 6.00. The molecule has 3 rings (SSSR count). The van der Waals surface area contributed by atoms with Crippen molar-refractivity contribution in [2.45, 2.75) is 16.2 Å². The molecule has 0 aliphatic carbocycles. The minimum absolute atomic E-state index is 0.00987. The standard InChI is InChI=1S/C20H19ClN4O5S2/c21-18-8-1-2-9-19(18)25-32(29,30)16-6-3-5-15(13-16)24-20(26)10-12-23-31(27,28)17-7-4-11-22-14-17/h1-9,11,13-14,23,25H,10,12H2,(H,24,26). The molecule has 0 saturated carbocycles. The van der Waals surface area contributed by atoms with Gasteiger partial charge >= 0.3 is 0 Å². The van der Waals surface area contributed by atoms with E-state index < -0.39 is 26.0 Å². The monoisotopic (exact) mass is 494 g/mol. The Morgan fingerprint density at radius 3 is 2.38 bits per heavy atom. The molecule has 1 aromatic heterocycles. The highest BCUT2D eigenvalue weighted by atomic mass is 35.5. The molecule has 3 N–H and O–H groups in total. The summed E-state index contributed by atoms with van der Waals surface area (Å²) in [6, 6.07) is 14.9. The lowest BCUT2D eigenvalue weighted by atomic mass is 10.3. The summed E-state index contributed by atoms with van der Waals surface area (Å²) in [7, 11) is -7.72. The van der Waals surface area contributed by atoms with E-state index in [-0.39, 0.29) is 39.2 Å². The first-order valence-corrected chi connectivity index (χ1v) is 12.6. The lowest BCUT2D eigenvalue weighted by Crippen LogP contribution is -2.28. The zero-order valence-electron chi connectivity index (χ0n) is 16.5. The van der Waals surface area contributed by atoms with Crippen LogP contribution in [0.2, 0.25) is 5.02 Å². The zero-order valence-corrected chi connectivity index (χ0v) is 18.9. The van der Waals surface area contributed by atoms with Gasteiger partial charge in [-0.1, -0.05) is 29.8 Å². The number of rotatable bonds is 9. The number of hydrogen-bond donors (Lipinski definition) is 3. The van der Waals surface area contributed by atoms with Gasteiger partial charge in [0.2, 0.25) is 15.9 Å². The number of nitrogens with one attached hydrogen (secondary N) is 3. The van der Waals surface area contributed by atoms with Gasteiger partial charge in [0.1, 0.15) is 4.90 Å². The Balaban J connectivity index is 1.60. The van der Waals surface area contributed by atoms with Gasteiger partial charge in [-0.15, -0.1) is 0 Å². The third-order valence-corrected chi connectivity index (χ3v) is 7.27. The first-order valence-electron chi connectivity index (χ1n) is 9.24. The van der Waals surface area contributed by atoms with E-state index in [0.29, 0.717) is 0 Å². The van der Waals surface area contributed by atoms with Crippen molar-refractivity contribution in [2.75, 3.05) is 16.6 Å². The van der Waals surface area contributed by atoms with Crippen molar-refractivity contribution in [1.29, 1.82) is 0 Å². The molecule has 0 aliphatic rings. The molecule has 9 nitrogen and oxygen atoms in total. The highest BCUT2D eigenvalue weighted by Crippen LogP contribution is 2.25. The predicted octanol–water partition coefficient (Wildman–Crippen LogP) is 2.84. The molecule has 3 aromatic rings. The second-order valence-electron chi connectivity index (χ2n) is 6.50. The molecule has 2 aromatic carbocycles. The number of benzene rings is 2. The van der Waals surface area contributed by atoms with Gasteiger partial charge in [0.05, 0.1) is 15.6 Å². The van der Waals surface area contributed by atoms with Crippen LogP contribution in [0.5, 0.6) is 0 Å². The number of anilines is 2. The Hall–Kier alpha value is -2.99. The first-order chi connectivity index (χ1) is 15.2. The molecule has 0 bridgehead atoms. The van der Waals surface area contributed by atoms with E-state index in [1.54, 1.807) is 18.2 Å². The van der Waals surface area contributed by atoms with Crippen LogP contribution in [0.4, 0.5) is 11.4 Å². The minimum Gasteiger partial charge on any atom is -0.326 e. The summed E-state index contributed by atoms with van der Waals surface area (Å²) in [4.78, 5) is 15.9. The molecule has 168 valence electrons. The van der Waals surface area contributed by atoms with Crippen molar-refractivity contribution in [1.82, 2.24) is 9.71 Å². The number of halogens is 1. The highest BCUT2D eigenvalue weighted by molar-refractivity contribution is 7.92. The molecule has 0 spiro atoms. The van der Waals surface area contributed by atoms with Gasteiger partial charge in [-0.2, -0.15) is 0 Å². The first kappa shape index (κ1) is 23.7. The normalized spacial score (nSPS) is 11.7. The molecule has 0 radical (unpaired) electrons. The van der Waals surface area contributed by atoms with Crippen molar-refractivity contribution in [2.24, 2.45) is 0 Å². The van der Waals surface area contributed by atoms with Crippen LogP contribution in [-0.2, 0) is 24.8 Å². The van der Waals surface area contributed by atoms with Crippen LogP contribution in [0.25, 0.3) is 0 Å². The average Bonchev–Trinajstić information content (AvgIpc) is 2.76. The number of carbonyl (C=O) groups excluding carboxylic acids is 1. The maximum Gasteiger partial charge on any atom is 0.262 e. The fraction of sp³-hybridized carbons (Fsp3) is 0.100. The van der Waals surface area contributed by atoms with Crippen LogP contribution in [0.3, 0.4) is 0 Å². The molecule has 0 saturated heterocycles. The Labute approximate surface area is 190 Å². The van der Waals surface area contributed by atoms with E-state index in [0.717, 1.165) is 0 Å². The number of para-hydroxylation sites is 1. The topological polar surface area (TPSA) is 134 Å². The number of aromatic nitrogens is 1. The lowest BCUT2D eigenvalue weighted by Gasteiger charge is -2.11. The second kappa shape index (κ2) is 10.1. The van der Waals surface area contributed by atoms with Crippen molar-refractivity contribution in [3.8, 4) is 0 Å². The maximum atomic E-state index is 12.6. The van der Waals surface area contributed by atoms with Gasteiger partial charge in [-0.3, -0.25) is 14.5 Å². The number of pyridine rings is 1. The van der Waals surface area contributed by atoms with Gasteiger partial charge in [0, 0.05) is 31.0 Å². The maximum absolute atomic E-state index is 12.6. The summed E-state index contributed by atoms with van der Waals surface area (Å²) < 4.78 is 54.3. The Morgan fingerprint density at radius 2 is 1.66 bits per heavy atom. The van der Waals surface area contributed by atoms with E-state index in [1.807, 2.05) is 0 Å². The molecule has 0 unspecified atom stereocenters. The minimum atomic E-state index is -3.94. The van der Waals surface area contributed by atoms with Crippen molar-refractivity contribution in [3.63, 3.8) is 0 Å². The van der Waals surface area contributed by atoms with Crippen molar-refractivity contribution in [3.05, 3.63) is 78.1 Å². The van der Waals surface area contributed by atoms with Gasteiger partial charge < -0.3 is 5.32 Å². The van der Waals surface area contributed by atoms with Crippen molar-refractivity contribution < 1.29 is 21.6 Å². The summed E-state index contributed by atoms with van der Waals surface area (Å²) in [6.07, 6.45) is 2.49. The number of nitrogens with zero attached hydrogens (tertiary/aromatic N) is 1. The Kier molecular flexibility index (Phi) is 7.46. The number of hydrogen-bond acceptors (Lipinski definition) is 6. The third-order valence-electron chi connectivity index (χ3n) is 4.14. The van der Waals surface area contributed by atoms with Gasteiger partial charge in [0.15, 0.2) is 0 Å². The predicted molar refractivity (Wildman–Crippen MR) is 121 cm³/mol. The molecule has 32 heavy (non-hydrogen) atoms. The summed E-state index contributed by atoms with van der Waals surface area (Å²) in [5.74, 6) is -0.493. The Bertz CT molecular complexity index is 1320. The van der Waals surface area contributed by atoms with Gasteiger partial charge in [0.25, 0.3) is 10.0 Å². The van der Waals surface area contributed by atoms with Crippen LogP contribution in [0, 0.1) is 0 Å². The van der Waals surface area contributed by atoms with Crippen LogP contribution in [0.15, 0.2) is 82.8 Å². The van der Waals surface area contributed by atoms with Crippen LogP contribution in [-0.4, -0.2) is 34.3 Å². The number of carbonyl (C=O) groups is 1. The molecule has 1 amide bonds. The van der Waals surface area contributed by atoms with Gasteiger partial charge in [-0.25, -0.2) is 21.6 Å². The Morgan fingerprint density at radius 1 is 0.906 bits per heavy atom. The fourth-order valence-electron chi connectivity index (χ4n) is 2.60. The molecule has 12 heteroatoms. The van der Waals surface area contributed by atoms with E-state index in [4.69, 9.17) is 11.6 Å². The van der Waals surface area contributed by atoms with E-state index >= 15 is 0 Å². The van der Waals surface area contributed by atoms with E-state index in [9.17, 15) is 21.6 Å². The van der Waals surface area contributed by atoms with E-state index in [2.05, 4.69) is 19.7 Å². The molecule has 0 atom stereocenters. The number of amides is 1. The van der Waals surface area contributed by atoms with Crippen LogP contribution in [0.1, 0.15) is 6.42 Å². The van der Waals surface area contributed by atoms with Crippen LogP contribution >= 0.6 is 11.6 Å². The fourth-order valence-corrected chi connectivity index (χ4v) is 4.96. The average molecular weight is 495 g/mol. The molecule has 0 aliphatic heterocycles. The van der Waals surface area contributed by atoms with Crippen molar-refractivity contribution >= 4 is 48.9 Å². The molecular formula is C20H19ClN4O5S2. The smallest absolute Gasteiger partial charge is 0.262 e. The quantitative estimate of drug-likeness (QED) is 0.418. The zero-order chi connectivity index (χ0) is 23.2. The number of sulfonamides is 2. The third kappa shape index (κ3) is 6.26. The molecule has 0 fully saturated rings. The van der Waals surface area contributed by atoms with Gasteiger partial charge in [-0.05, 0) is 42.5 Å². The highest BCUT2D eigenvalue weighted by Gasteiger charge is 2.17.